The van der Waals surface area contributed by atoms with E-state index in [1.54, 1.807) is 39.8 Å². The molecule has 18 nitrogen and oxygen atoms in total. The topological polar surface area (TPSA) is 239 Å². The lowest BCUT2D eigenvalue weighted by Crippen LogP contribution is -2.51. The highest BCUT2D eigenvalue weighted by Crippen LogP contribution is 2.39. The zero-order chi connectivity index (χ0) is 59.1. The fourth-order valence-corrected chi connectivity index (χ4v) is 8.83. The van der Waals surface area contributed by atoms with Crippen molar-refractivity contribution in [1.82, 2.24) is 34.3 Å². The molecule has 2 aromatic carbocycles. The van der Waals surface area contributed by atoms with E-state index >= 15 is 0 Å². The molecule has 0 bridgehead atoms. The summed E-state index contributed by atoms with van der Waals surface area (Å²) in [6, 6.07) is 12.4. The van der Waals surface area contributed by atoms with Crippen molar-refractivity contribution in [2.75, 3.05) is 30.0 Å². The number of anilines is 3. The van der Waals surface area contributed by atoms with Crippen molar-refractivity contribution in [3.8, 4) is 22.3 Å². The molecule has 5 aromatic heterocycles. The van der Waals surface area contributed by atoms with Crippen LogP contribution < -0.4 is 30.3 Å². The summed E-state index contributed by atoms with van der Waals surface area (Å²) in [7, 11) is -4.77. The fourth-order valence-electron chi connectivity index (χ4n) is 7.16. The second kappa shape index (κ2) is 24.8. The highest BCUT2D eigenvalue weighted by molar-refractivity contribution is 7.90. The normalized spacial score (nSPS) is 12.3. The van der Waals surface area contributed by atoms with Gasteiger partial charge in [0.15, 0.2) is 5.03 Å². The van der Waals surface area contributed by atoms with Crippen LogP contribution in [0.5, 0.6) is 0 Å². The van der Waals surface area contributed by atoms with Crippen LogP contribution in [-0.4, -0.2) is 72.5 Å². The number of hydrogen-bond donors (Lipinski definition) is 3. The monoisotopic (exact) mass is 1150 g/mol. The number of sulfonamides is 2. The number of aromatic nitrogens is 7. The Balaban J connectivity index is 0.000000228. The molecule has 0 radical (unpaired) electrons. The molecule has 4 N–H and O–H groups in total. The van der Waals surface area contributed by atoms with Gasteiger partial charge in [0.2, 0.25) is 5.03 Å². The Morgan fingerprint density at radius 3 is 1.59 bits per heavy atom. The molecular formula is C51H56F8N12O6S2. The first kappa shape index (κ1) is 61.8. The van der Waals surface area contributed by atoms with Gasteiger partial charge in [-0.3, -0.25) is 19.3 Å². The summed E-state index contributed by atoms with van der Waals surface area (Å²) in [6.45, 7) is 14.4. The van der Waals surface area contributed by atoms with Crippen LogP contribution in [0.4, 0.5) is 57.0 Å². The Kier molecular flexibility index (Phi) is 19.4. The first-order valence-corrected chi connectivity index (χ1v) is 26.7. The Bertz CT molecular complexity index is 3550. The van der Waals surface area contributed by atoms with E-state index in [1.165, 1.54) is 64.5 Å². The number of carbonyl (C=O) groups is 1. The first-order valence-electron chi connectivity index (χ1n) is 23.7. The molecule has 2 amide bonds. The quantitative estimate of drug-likeness (QED) is 0.0341. The van der Waals surface area contributed by atoms with E-state index in [9.17, 15) is 61.9 Å². The average Bonchev–Trinajstić information content (AvgIpc) is 4.11. The fraction of sp³-hybridized carbons (Fsp3) is 0.314. The first-order chi connectivity index (χ1) is 36.6. The molecule has 0 spiro atoms. The van der Waals surface area contributed by atoms with Gasteiger partial charge in [0.25, 0.3) is 16.0 Å². The van der Waals surface area contributed by atoms with E-state index in [1.807, 2.05) is 51.4 Å². The van der Waals surface area contributed by atoms with Crippen LogP contribution in [0, 0.1) is 11.6 Å². The molecule has 7 aromatic rings. The Hall–Kier alpha value is -8.01. The number of nitrogens with two attached hydrogens (primary N) is 1. The molecule has 28 heteroatoms. The van der Waals surface area contributed by atoms with Crippen LogP contribution in [-0.2, 0) is 32.4 Å². The van der Waals surface area contributed by atoms with Gasteiger partial charge >= 0.3 is 28.4 Å². The number of amides is 2. The lowest BCUT2D eigenvalue weighted by atomic mass is 9.94. The molecule has 79 heavy (non-hydrogen) atoms. The Labute approximate surface area is 450 Å². The zero-order valence-corrected chi connectivity index (χ0v) is 45.7. The minimum absolute atomic E-state index is 0.0163. The van der Waals surface area contributed by atoms with Crippen molar-refractivity contribution < 1.29 is 66.4 Å². The van der Waals surface area contributed by atoms with Crippen molar-refractivity contribution in [1.29, 1.82) is 0 Å². The van der Waals surface area contributed by atoms with Crippen molar-refractivity contribution in [2.24, 2.45) is 4.40 Å². The molecular weight excluding hydrogens is 1090 g/mol. The van der Waals surface area contributed by atoms with Gasteiger partial charge in [-0.1, -0.05) is 27.7 Å². The Morgan fingerprint density at radius 1 is 0.684 bits per heavy atom. The van der Waals surface area contributed by atoms with E-state index in [4.69, 9.17) is 5.73 Å². The predicted octanol–water partition coefficient (Wildman–Crippen LogP) is 9.70. The number of pyridine rings is 3. The van der Waals surface area contributed by atoms with Crippen LogP contribution in [0.3, 0.4) is 0 Å². The molecule has 7 rings (SSSR count). The van der Waals surface area contributed by atoms with Crippen LogP contribution in [0.15, 0.2) is 124 Å². The SMILES string of the molecule is CC(C)c1cc(F)cc(-c2ccnc(C(F)(F)F)c2)c1N.CC(C)c1cc(F)cc(-c2ccnc(C(F)(F)F)c2)c1NC(=O)NS(=O)(=O)c1ccn(C(C)C)n1.CC(C)n1ccc(S(=O)(=O)N=C([O-])[n+]2ccc(N(C)C)cc2)n1. The largest absolute Gasteiger partial charge is 0.806 e. The lowest BCUT2D eigenvalue weighted by Gasteiger charge is -2.19. The lowest BCUT2D eigenvalue weighted by molar-refractivity contribution is -0.613. The predicted molar refractivity (Wildman–Crippen MR) is 277 cm³/mol. The maximum atomic E-state index is 14.4. The summed E-state index contributed by atoms with van der Waals surface area (Å²) in [6.07, 6.45) is -1.45. The van der Waals surface area contributed by atoms with Gasteiger partial charge in [0, 0.05) is 90.0 Å². The number of nitrogens with zero attached hydrogens (tertiary/aromatic N) is 9. The number of rotatable bonds is 12. The zero-order valence-electron chi connectivity index (χ0n) is 44.1. The van der Waals surface area contributed by atoms with Gasteiger partial charge in [-0.15, -0.1) is 0 Å². The third-order valence-corrected chi connectivity index (χ3v) is 13.6. The van der Waals surface area contributed by atoms with Gasteiger partial charge < -0.3 is 21.1 Å². The van der Waals surface area contributed by atoms with Crippen molar-refractivity contribution >= 4 is 49.2 Å². The maximum Gasteiger partial charge on any atom is 0.433 e. The number of nitrogens with one attached hydrogen (secondary N) is 2. The smallest absolute Gasteiger partial charge is 0.433 e. The molecule has 0 aliphatic rings. The number of alkyl halides is 6. The highest BCUT2D eigenvalue weighted by Gasteiger charge is 2.34. The van der Waals surface area contributed by atoms with Crippen molar-refractivity contribution in [3.05, 3.63) is 144 Å². The summed E-state index contributed by atoms with van der Waals surface area (Å²) in [5, 5.41) is 21.6. The van der Waals surface area contributed by atoms with Crippen molar-refractivity contribution in [3.63, 3.8) is 0 Å². The molecule has 0 fully saturated rings. The average molecular weight is 1150 g/mol. The second-order valence-electron chi connectivity index (χ2n) is 18.8. The number of halogens is 8. The molecule has 0 aliphatic heterocycles. The summed E-state index contributed by atoms with van der Waals surface area (Å²) >= 11 is 0. The maximum absolute atomic E-state index is 14.4. The molecule has 0 atom stereocenters. The van der Waals surface area contributed by atoms with Crippen LogP contribution in [0.2, 0.25) is 0 Å². The molecule has 5 heterocycles. The third-order valence-electron chi connectivity index (χ3n) is 11.3. The summed E-state index contributed by atoms with van der Waals surface area (Å²) in [5.41, 5.74) is 5.98. The van der Waals surface area contributed by atoms with Gasteiger partial charge in [-0.2, -0.15) is 53.4 Å². The van der Waals surface area contributed by atoms with Gasteiger partial charge in [0.1, 0.15) is 23.0 Å². The number of hydrogen-bond acceptors (Lipinski definition) is 12. The van der Waals surface area contributed by atoms with E-state index < -0.39 is 72.5 Å². The van der Waals surface area contributed by atoms with Crippen molar-refractivity contribution in [2.45, 2.75) is 102 Å². The molecule has 424 valence electrons. The van der Waals surface area contributed by atoms with Crippen LogP contribution in [0.1, 0.15) is 102 Å². The molecule has 0 unspecified atom stereocenters. The van der Waals surface area contributed by atoms with Gasteiger partial charge in [0.05, 0.1) is 18.1 Å². The van der Waals surface area contributed by atoms with E-state index in [0.717, 1.165) is 53.0 Å². The van der Waals surface area contributed by atoms with E-state index in [0.29, 0.717) is 5.56 Å². The molecule has 0 saturated heterocycles. The summed E-state index contributed by atoms with van der Waals surface area (Å²) in [5.74, 6) is -1.69. The standard InChI is InChI=1S/C22H23F4N5O3S.C15H14F4N2.C14H19N5O3S/c1-12(2)16-10-15(23)11-17(14-5-7-27-18(9-14)22(24,25)26)20(16)28-21(32)30-35(33,34)19-6-8-31(29-19)13(3)4;1-8(2)11-6-10(16)7-12(14(11)20)9-3-4-21-13(5-9)15(17,18)19;1-11(2)19-10-7-13(15-19)23(21,22)16-14(20)18-8-5-12(6-9-18)17(3)4/h5-13H,1-4H3,(H2,28,30,32);3-8H,20H2,1-2H3;5-11H,1-4H3. The number of carbonyl (C=O) groups excluding carboxylic acids is 1. The third kappa shape index (κ3) is 16.0. The number of benzene rings is 2. The minimum Gasteiger partial charge on any atom is -0.806 e. The van der Waals surface area contributed by atoms with Gasteiger partial charge in [-0.25, -0.2) is 22.9 Å². The van der Waals surface area contributed by atoms with Gasteiger partial charge in [-0.05, 0) is 122 Å². The summed E-state index contributed by atoms with van der Waals surface area (Å²) < 4.78 is 164. The molecule has 0 saturated carbocycles. The Morgan fingerprint density at radius 2 is 1.14 bits per heavy atom. The van der Waals surface area contributed by atoms with E-state index in [-0.39, 0.29) is 68.1 Å². The number of urea groups is 1. The van der Waals surface area contributed by atoms with Crippen LogP contribution >= 0.6 is 0 Å². The number of nitrogen functional groups attached to an aromatic ring is 1. The highest BCUT2D eigenvalue weighted by atomic mass is 32.2. The van der Waals surface area contributed by atoms with E-state index in [2.05, 4.69) is 29.9 Å². The molecule has 0 aliphatic carbocycles. The minimum atomic E-state index is -4.75. The second-order valence-corrected chi connectivity index (χ2v) is 21.9. The van der Waals surface area contributed by atoms with Crippen LogP contribution in [0.25, 0.3) is 22.3 Å². The summed E-state index contributed by atoms with van der Waals surface area (Å²) in [4.78, 5) is 21.1.